The molecule has 1 aliphatic carbocycles. The molecule has 0 aliphatic heterocycles. The van der Waals surface area contributed by atoms with Gasteiger partial charge in [0.05, 0.1) is 5.92 Å². The van der Waals surface area contributed by atoms with E-state index in [0.717, 1.165) is 16.3 Å². The summed E-state index contributed by atoms with van der Waals surface area (Å²) in [6.45, 7) is 0. The second kappa shape index (κ2) is 3.48. The van der Waals surface area contributed by atoms with E-state index in [1.807, 2.05) is 30.3 Å². The third-order valence-corrected chi connectivity index (χ3v) is 3.43. The van der Waals surface area contributed by atoms with Crippen molar-refractivity contribution in [2.45, 2.75) is 12.3 Å². The average molecular weight is 228 g/mol. The fourth-order valence-corrected chi connectivity index (χ4v) is 2.46. The van der Waals surface area contributed by atoms with Gasteiger partial charge in [-0.1, -0.05) is 30.3 Å². The molecule has 3 nitrogen and oxygen atoms in total. The van der Waals surface area contributed by atoms with E-state index in [1.165, 1.54) is 0 Å². The van der Waals surface area contributed by atoms with Gasteiger partial charge < -0.3 is 10.2 Å². The molecular formula is C14H12O3. The highest BCUT2D eigenvalue weighted by Crippen LogP contribution is 2.52. The predicted octanol–water partition coefficient (Wildman–Crippen LogP) is 2.73. The average Bonchev–Trinajstić information content (AvgIpc) is 3.09. The van der Waals surface area contributed by atoms with Crippen LogP contribution in [0.2, 0.25) is 0 Å². The molecule has 0 spiro atoms. The summed E-state index contributed by atoms with van der Waals surface area (Å²) >= 11 is 0. The predicted molar refractivity (Wildman–Crippen MR) is 64.1 cm³/mol. The van der Waals surface area contributed by atoms with Crippen LogP contribution >= 0.6 is 0 Å². The van der Waals surface area contributed by atoms with Gasteiger partial charge >= 0.3 is 5.97 Å². The Bertz CT molecular complexity index is 603. The molecule has 0 aromatic heterocycles. The molecule has 0 bridgehead atoms. The monoisotopic (exact) mass is 228 g/mol. The molecule has 2 atom stereocenters. The van der Waals surface area contributed by atoms with Crippen molar-refractivity contribution in [2.24, 2.45) is 5.92 Å². The maximum Gasteiger partial charge on any atom is 0.307 e. The lowest BCUT2D eigenvalue weighted by atomic mass is 9.99. The Hall–Kier alpha value is -2.03. The summed E-state index contributed by atoms with van der Waals surface area (Å²) < 4.78 is 0. The van der Waals surface area contributed by atoms with Gasteiger partial charge in [-0.05, 0) is 23.3 Å². The lowest BCUT2D eigenvalue weighted by Crippen LogP contribution is -1.99. The van der Waals surface area contributed by atoms with Crippen LogP contribution in [0.4, 0.5) is 0 Å². The highest BCUT2D eigenvalue weighted by molar-refractivity contribution is 5.90. The third-order valence-electron chi connectivity index (χ3n) is 3.43. The van der Waals surface area contributed by atoms with Gasteiger partial charge in [0.1, 0.15) is 5.75 Å². The topological polar surface area (TPSA) is 57.5 Å². The van der Waals surface area contributed by atoms with Gasteiger partial charge in [-0.2, -0.15) is 0 Å². The molecule has 0 unspecified atom stereocenters. The standard InChI is InChI=1S/C14H12O3/c15-12-6-5-8-3-1-2-4-9(8)13(12)10-7-11(10)14(16)17/h1-6,10-11,15H,7H2,(H,16,17)/t10-,11-/m1/s1. The highest BCUT2D eigenvalue weighted by atomic mass is 16.4. The van der Waals surface area contributed by atoms with Crippen molar-refractivity contribution in [3.8, 4) is 5.75 Å². The summed E-state index contributed by atoms with van der Waals surface area (Å²) in [5, 5.41) is 20.9. The van der Waals surface area contributed by atoms with Crippen LogP contribution in [-0.2, 0) is 4.79 Å². The quantitative estimate of drug-likeness (QED) is 0.830. The SMILES string of the molecule is O=C(O)[C@@H]1C[C@H]1c1c(O)ccc2ccccc12. The molecule has 2 aromatic rings. The molecule has 17 heavy (non-hydrogen) atoms. The van der Waals surface area contributed by atoms with E-state index in [2.05, 4.69) is 0 Å². The lowest BCUT2D eigenvalue weighted by molar-refractivity contribution is -0.138. The molecule has 3 heteroatoms. The summed E-state index contributed by atoms with van der Waals surface area (Å²) in [7, 11) is 0. The molecule has 2 aromatic carbocycles. The molecule has 1 fully saturated rings. The Balaban J connectivity index is 2.15. The van der Waals surface area contributed by atoms with Gasteiger partial charge in [-0.15, -0.1) is 0 Å². The number of hydrogen-bond acceptors (Lipinski definition) is 2. The fourth-order valence-electron chi connectivity index (χ4n) is 2.46. The summed E-state index contributed by atoms with van der Waals surface area (Å²) in [6.07, 6.45) is 0.622. The minimum absolute atomic E-state index is 0.0430. The first-order valence-corrected chi connectivity index (χ1v) is 5.62. The van der Waals surface area contributed by atoms with E-state index >= 15 is 0 Å². The van der Waals surface area contributed by atoms with Crippen molar-refractivity contribution >= 4 is 16.7 Å². The summed E-state index contributed by atoms with van der Waals surface area (Å²) in [5.41, 5.74) is 0.788. The first kappa shape index (κ1) is 10.1. The maximum absolute atomic E-state index is 10.9. The first-order chi connectivity index (χ1) is 8.18. The van der Waals surface area contributed by atoms with Crippen molar-refractivity contribution in [1.29, 1.82) is 0 Å². The number of phenolic OH excluding ortho intramolecular Hbond substituents is 1. The van der Waals surface area contributed by atoms with Gasteiger partial charge in [0.2, 0.25) is 0 Å². The summed E-state index contributed by atoms with van der Waals surface area (Å²) in [4.78, 5) is 10.9. The number of phenols is 1. The second-order valence-electron chi connectivity index (χ2n) is 4.51. The van der Waals surface area contributed by atoms with E-state index in [-0.39, 0.29) is 17.6 Å². The van der Waals surface area contributed by atoms with Crippen LogP contribution in [-0.4, -0.2) is 16.2 Å². The summed E-state index contributed by atoms with van der Waals surface area (Å²) in [6, 6.07) is 11.2. The minimum Gasteiger partial charge on any atom is -0.508 e. The molecular weight excluding hydrogens is 216 g/mol. The normalized spacial score (nSPS) is 22.6. The second-order valence-corrected chi connectivity index (χ2v) is 4.51. The zero-order valence-corrected chi connectivity index (χ0v) is 9.13. The van der Waals surface area contributed by atoms with Crippen LogP contribution in [0, 0.1) is 5.92 Å². The number of carboxylic acids is 1. The molecule has 86 valence electrons. The summed E-state index contributed by atoms with van der Waals surface area (Å²) in [5.74, 6) is -0.954. The number of fused-ring (bicyclic) bond motifs is 1. The van der Waals surface area contributed by atoms with E-state index in [0.29, 0.717) is 6.42 Å². The molecule has 0 heterocycles. The number of aromatic hydroxyl groups is 1. The number of rotatable bonds is 2. The van der Waals surface area contributed by atoms with Crippen molar-refractivity contribution in [1.82, 2.24) is 0 Å². The Labute approximate surface area is 98.3 Å². The van der Waals surface area contributed by atoms with Gasteiger partial charge in [0, 0.05) is 11.5 Å². The fraction of sp³-hybridized carbons (Fsp3) is 0.214. The molecule has 1 saturated carbocycles. The number of carboxylic acid groups (broad SMARTS) is 1. The van der Waals surface area contributed by atoms with Crippen LogP contribution < -0.4 is 0 Å². The third kappa shape index (κ3) is 1.55. The van der Waals surface area contributed by atoms with Gasteiger partial charge in [0.25, 0.3) is 0 Å². The Morgan fingerprint density at radius 3 is 2.65 bits per heavy atom. The number of carbonyl (C=O) groups is 1. The Kier molecular flexibility index (Phi) is 2.08. The van der Waals surface area contributed by atoms with Gasteiger partial charge in [0.15, 0.2) is 0 Å². The molecule has 2 N–H and O–H groups in total. The smallest absolute Gasteiger partial charge is 0.307 e. The van der Waals surface area contributed by atoms with Crippen LogP contribution in [0.25, 0.3) is 10.8 Å². The van der Waals surface area contributed by atoms with Crippen molar-refractivity contribution in [3.63, 3.8) is 0 Å². The maximum atomic E-state index is 10.9. The molecule has 0 radical (unpaired) electrons. The molecule has 3 rings (SSSR count). The van der Waals surface area contributed by atoms with E-state index in [1.54, 1.807) is 6.07 Å². The van der Waals surface area contributed by atoms with Crippen LogP contribution in [0.1, 0.15) is 17.9 Å². The lowest BCUT2D eigenvalue weighted by Gasteiger charge is -2.08. The van der Waals surface area contributed by atoms with E-state index in [4.69, 9.17) is 5.11 Å². The van der Waals surface area contributed by atoms with E-state index in [9.17, 15) is 9.90 Å². The highest BCUT2D eigenvalue weighted by Gasteiger charge is 2.46. The first-order valence-electron chi connectivity index (χ1n) is 5.62. The Morgan fingerprint density at radius 2 is 1.94 bits per heavy atom. The van der Waals surface area contributed by atoms with Crippen molar-refractivity contribution < 1.29 is 15.0 Å². The van der Waals surface area contributed by atoms with Crippen LogP contribution in [0.5, 0.6) is 5.75 Å². The van der Waals surface area contributed by atoms with Crippen molar-refractivity contribution in [3.05, 3.63) is 42.0 Å². The minimum atomic E-state index is -0.776. The largest absolute Gasteiger partial charge is 0.508 e. The number of hydrogen-bond donors (Lipinski definition) is 2. The zero-order valence-electron chi connectivity index (χ0n) is 9.13. The van der Waals surface area contributed by atoms with Crippen LogP contribution in [0.15, 0.2) is 36.4 Å². The molecule has 1 aliphatic rings. The number of aliphatic carboxylic acids is 1. The van der Waals surface area contributed by atoms with Crippen LogP contribution in [0.3, 0.4) is 0 Å². The van der Waals surface area contributed by atoms with Gasteiger partial charge in [-0.3, -0.25) is 4.79 Å². The van der Waals surface area contributed by atoms with Gasteiger partial charge in [-0.25, -0.2) is 0 Å². The Morgan fingerprint density at radius 1 is 1.18 bits per heavy atom. The van der Waals surface area contributed by atoms with Crippen molar-refractivity contribution in [2.75, 3.05) is 0 Å². The van der Waals surface area contributed by atoms with E-state index < -0.39 is 5.97 Å². The zero-order chi connectivity index (χ0) is 12.0. The molecule has 0 amide bonds. The number of benzene rings is 2. The molecule has 0 saturated heterocycles.